The van der Waals surface area contributed by atoms with Gasteiger partial charge in [0.1, 0.15) is 0 Å². The van der Waals surface area contributed by atoms with Gasteiger partial charge >= 0.3 is 0 Å². The van der Waals surface area contributed by atoms with Crippen LogP contribution in [0.1, 0.15) is 38.2 Å². The smallest absolute Gasteiger partial charge is 0.191 e. The Morgan fingerprint density at radius 1 is 1.25 bits per heavy atom. The number of nitrogens with one attached hydrogen (secondary N) is 2. The molecule has 0 saturated heterocycles. The third-order valence-corrected chi connectivity index (χ3v) is 4.04. The van der Waals surface area contributed by atoms with Crippen LogP contribution in [-0.2, 0) is 5.41 Å². The second-order valence-corrected chi connectivity index (χ2v) is 5.76. The third kappa shape index (κ3) is 3.87. The molecule has 0 unspecified atom stereocenters. The fraction of sp³-hybridized carbons (Fsp3) is 0.562. The SMILES string of the molecule is CCNC(=NCC1(c2ccccc2)CC1)NC1CC1.I. The van der Waals surface area contributed by atoms with Crippen LogP contribution in [0.2, 0.25) is 0 Å². The van der Waals surface area contributed by atoms with Gasteiger partial charge in [0, 0.05) is 18.0 Å². The van der Waals surface area contributed by atoms with Crippen molar-refractivity contribution in [1.82, 2.24) is 10.6 Å². The number of rotatable bonds is 5. The Morgan fingerprint density at radius 3 is 2.50 bits per heavy atom. The molecular weight excluding hydrogens is 361 g/mol. The lowest BCUT2D eigenvalue weighted by molar-refractivity contribution is 0.692. The normalized spacial score (nSPS) is 19.9. The van der Waals surface area contributed by atoms with Crippen LogP contribution in [0, 0.1) is 0 Å². The average molecular weight is 385 g/mol. The van der Waals surface area contributed by atoms with E-state index in [1.165, 1.54) is 31.2 Å². The summed E-state index contributed by atoms with van der Waals surface area (Å²) in [6, 6.07) is 11.5. The number of hydrogen-bond acceptors (Lipinski definition) is 1. The van der Waals surface area contributed by atoms with Crippen LogP contribution in [0.3, 0.4) is 0 Å². The number of halogens is 1. The van der Waals surface area contributed by atoms with Crippen LogP contribution in [0.4, 0.5) is 0 Å². The zero-order valence-corrected chi connectivity index (χ0v) is 14.4. The van der Waals surface area contributed by atoms with Gasteiger partial charge in [0.15, 0.2) is 5.96 Å². The van der Waals surface area contributed by atoms with E-state index in [0.717, 1.165) is 19.0 Å². The summed E-state index contributed by atoms with van der Waals surface area (Å²) < 4.78 is 0. The molecule has 2 aliphatic rings. The first kappa shape index (κ1) is 15.6. The fourth-order valence-electron chi connectivity index (χ4n) is 2.45. The Hall–Kier alpha value is -0.780. The van der Waals surface area contributed by atoms with Gasteiger partial charge in [0.25, 0.3) is 0 Å². The summed E-state index contributed by atoms with van der Waals surface area (Å²) in [4.78, 5) is 4.80. The van der Waals surface area contributed by atoms with E-state index in [2.05, 4.69) is 47.9 Å². The van der Waals surface area contributed by atoms with Gasteiger partial charge in [-0.1, -0.05) is 30.3 Å². The standard InChI is InChI=1S/C16H23N3.HI/c1-2-17-15(19-14-8-9-14)18-12-16(10-11-16)13-6-4-3-5-7-13;/h3-7,14H,2,8-12H2,1H3,(H2,17,18,19);1H. The monoisotopic (exact) mass is 385 g/mol. The number of hydrogen-bond donors (Lipinski definition) is 2. The molecule has 0 heterocycles. The summed E-state index contributed by atoms with van der Waals surface area (Å²) in [5.74, 6) is 0.993. The highest BCUT2D eigenvalue weighted by molar-refractivity contribution is 14.0. The van der Waals surface area contributed by atoms with Gasteiger partial charge in [0.2, 0.25) is 0 Å². The molecule has 1 aromatic rings. The highest BCUT2D eigenvalue weighted by atomic mass is 127. The molecule has 3 nitrogen and oxygen atoms in total. The van der Waals surface area contributed by atoms with E-state index in [9.17, 15) is 0 Å². The highest BCUT2D eigenvalue weighted by Gasteiger charge is 2.44. The zero-order valence-electron chi connectivity index (χ0n) is 12.1. The Labute approximate surface area is 138 Å². The fourth-order valence-corrected chi connectivity index (χ4v) is 2.45. The number of nitrogens with zero attached hydrogens (tertiary/aromatic N) is 1. The van der Waals surface area contributed by atoms with Crippen LogP contribution in [0.25, 0.3) is 0 Å². The van der Waals surface area contributed by atoms with Gasteiger partial charge in [-0.05, 0) is 38.2 Å². The Balaban J connectivity index is 0.00000147. The number of aliphatic imine (C=N–C) groups is 1. The van der Waals surface area contributed by atoms with Crippen molar-refractivity contribution in [3.8, 4) is 0 Å². The number of guanidine groups is 1. The molecular formula is C16H24IN3. The topological polar surface area (TPSA) is 36.4 Å². The second kappa shape index (κ2) is 6.78. The van der Waals surface area contributed by atoms with Crippen molar-refractivity contribution in [1.29, 1.82) is 0 Å². The molecule has 0 radical (unpaired) electrons. The number of benzene rings is 1. The molecule has 0 aromatic heterocycles. The molecule has 2 N–H and O–H groups in total. The van der Waals surface area contributed by atoms with E-state index < -0.39 is 0 Å². The van der Waals surface area contributed by atoms with E-state index >= 15 is 0 Å². The van der Waals surface area contributed by atoms with Crippen molar-refractivity contribution in [3.63, 3.8) is 0 Å². The Morgan fingerprint density at radius 2 is 1.95 bits per heavy atom. The van der Waals surface area contributed by atoms with Crippen LogP contribution < -0.4 is 10.6 Å². The molecule has 0 spiro atoms. The summed E-state index contributed by atoms with van der Waals surface area (Å²) in [6.07, 6.45) is 5.11. The van der Waals surface area contributed by atoms with Crippen LogP contribution in [0.5, 0.6) is 0 Å². The van der Waals surface area contributed by atoms with Gasteiger partial charge in [-0.15, -0.1) is 24.0 Å². The molecule has 0 amide bonds. The van der Waals surface area contributed by atoms with Crippen molar-refractivity contribution < 1.29 is 0 Å². The molecule has 0 bridgehead atoms. The maximum Gasteiger partial charge on any atom is 0.191 e. The first-order valence-corrected chi connectivity index (χ1v) is 7.43. The summed E-state index contributed by atoms with van der Waals surface area (Å²) >= 11 is 0. The molecule has 4 heteroatoms. The zero-order chi connectivity index (χ0) is 13.1. The predicted octanol–water partition coefficient (Wildman–Crippen LogP) is 3.05. The molecule has 2 fully saturated rings. The molecule has 20 heavy (non-hydrogen) atoms. The second-order valence-electron chi connectivity index (χ2n) is 5.76. The Kier molecular flexibility index (Phi) is 5.29. The average Bonchev–Trinajstić information content (AvgIpc) is 3.34. The largest absolute Gasteiger partial charge is 0.357 e. The minimum absolute atomic E-state index is 0. The van der Waals surface area contributed by atoms with Crippen molar-refractivity contribution in [2.24, 2.45) is 4.99 Å². The molecule has 1 aromatic carbocycles. The van der Waals surface area contributed by atoms with Crippen LogP contribution in [0.15, 0.2) is 35.3 Å². The minimum Gasteiger partial charge on any atom is -0.357 e. The highest BCUT2D eigenvalue weighted by Crippen LogP contribution is 2.48. The van der Waals surface area contributed by atoms with Crippen LogP contribution >= 0.6 is 24.0 Å². The molecule has 2 aliphatic carbocycles. The van der Waals surface area contributed by atoms with Gasteiger partial charge in [0.05, 0.1) is 6.54 Å². The van der Waals surface area contributed by atoms with E-state index in [1.54, 1.807) is 0 Å². The van der Waals surface area contributed by atoms with Crippen LogP contribution in [-0.4, -0.2) is 25.1 Å². The maximum absolute atomic E-state index is 4.80. The lowest BCUT2D eigenvalue weighted by Crippen LogP contribution is -2.39. The molecule has 110 valence electrons. The van der Waals surface area contributed by atoms with Crippen molar-refractivity contribution >= 4 is 29.9 Å². The summed E-state index contributed by atoms with van der Waals surface area (Å²) in [6.45, 7) is 3.95. The summed E-state index contributed by atoms with van der Waals surface area (Å²) in [5, 5.41) is 6.83. The Bertz CT molecular complexity index is 450. The van der Waals surface area contributed by atoms with Gasteiger partial charge in [-0.2, -0.15) is 0 Å². The first-order valence-electron chi connectivity index (χ1n) is 7.43. The van der Waals surface area contributed by atoms with Gasteiger partial charge in [-0.3, -0.25) is 4.99 Å². The minimum atomic E-state index is 0. The van der Waals surface area contributed by atoms with E-state index in [0.29, 0.717) is 11.5 Å². The van der Waals surface area contributed by atoms with E-state index in [4.69, 9.17) is 4.99 Å². The van der Waals surface area contributed by atoms with Gasteiger partial charge in [-0.25, -0.2) is 0 Å². The molecule has 3 rings (SSSR count). The first-order chi connectivity index (χ1) is 9.32. The molecule has 2 saturated carbocycles. The third-order valence-electron chi connectivity index (χ3n) is 4.04. The van der Waals surface area contributed by atoms with Crippen molar-refractivity contribution in [2.75, 3.05) is 13.1 Å². The van der Waals surface area contributed by atoms with Crippen molar-refractivity contribution in [2.45, 2.75) is 44.1 Å². The van der Waals surface area contributed by atoms with E-state index in [1.807, 2.05) is 0 Å². The lowest BCUT2D eigenvalue weighted by atomic mass is 9.96. The summed E-state index contributed by atoms with van der Waals surface area (Å²) in [5.41, 5.74) is 1.76. The maximum atomic E-state index is 4.80. The molecule has 0 aliphatic heterocycles. The van der Waals surface area contributed by atoms with E-state index in [-0.39, 0.29) is 24.0 Å². The molecule has 0 atom stereocenters. The van der Waals surface area contributed by atoms with Crippen molar-refractivity contribution in [3.05, 3.63) is 35.9 Å². The summed E-state index contributed by atoms with van der Waals surface area (Å²) in [7, 11) is 0. The lowest BCUT2D eigenvalue weighted by Gasteiger charge is -2.15. The quantitative estimate of drug-likeness (QED) is 0.465. The predicted molar refractivity (Wildman–Crippen MR) is 94.9 cm³/mol. The van der Waals surface area contributed by atoms with Gasteiger partial charge < -0.3 is 10.6 Å².